The van der Waals surface area contributed by atoms with Gasteiger partial charge in [0.05, 0.1) is 0 Å². The number of rotatable bonds is 2. The van der Waals surface area contributed by atoms with E-state index in [4.69, 9.17) is 0 Å². The van der Waals surface area contributed by atoms with Crippen LogP contribution < -0.4 is 0 Å². The summed E-state index contributed by atoms with van der Waals surface area (Å²) in [7, 11) is -3.47. The lowest BCUT2D eigenvalue weighted by Crippen LogP contribution is -2.35. The number of hydrogen-bond acceptors (Lipinski definition) is 3. The van der Waals surface area contributed by atoms with Gasteiger partial charge < -0.3 is 4.98 Å². The van der Waals surface area contributed by atoms with Crippen LogP contribution in [0.5, 0.6) is 0 Å². The van der Waals surface area contributed by atoms with Gasteiger partial charge in [0.25, 0.3) is 10.0 Å². The number of sulfonamides is 1. The zero-order valence-electron chi connectivity index (χ0n) is 11.5. The van der Waals surface area contributed by atoms with Crippen LogP contribution in [0.4, 0.5) is 4.39 Å². The summed E-state index contributed by atoms with van der Waals surface area (Å²) < 4.78 is 40.6. The molecule has 0 saturated carbocycles. The Bertz CT molecular complexity index is 945. The van der Waals surface area contributed by atoms with Crippen LogP contribution in [0.2, 0.25) is 0 Å². The number of nitrogens with one attached hydrogen (secondary N) is 1. The van der Waals surface area contributed by atoms with E-state index in [1.807, 2.05) is 0 Å². The van der Waals surface area contributed by atoms with Crippen molar-refractivity contribution in [3.05, 3.63) is 52.8 Å². The van der Waals surface area contributed by atoms with Crippen molar-refractivity contribution in [2.75, 3.05) is 6.54 Å². The first-order valence-corrected chi connectivity index (χ1v) is 9.20. The highest BCUT2D eigenvalue weighted by Crippen LogP contribution is 2.31. The maximum atomic E-state index is 13.5. The zero-order valence-corrected chi connectivity index (χ0v) is 13.2. The molecule has 2 aromatic heterocycles. The fourth-order valence-corrected chi connectivity index (χ4v) is 5.46. The topological polar surface area (TPSA) is 53.2 Å². The first-order valence-electron chi connectivity index (χ1n) is 6.88. The van der Waals surface area contributed by atoms with Gasteiger partial charge in [-0.05, 0) is 35.2 Å². The van der Waals surface area contributed by atoms with Crippen LogP contribution in [0.3, 0.4) is 0 Å². The van der Waals surface area contributed by atoms with E-state index in [-0.39, 0.29) is 12.4 Å². The molecule has 114 valence electrons. The Balaban J connectivity index is 1.78. The fourth-order valence-electron chi connectivity index (χ4n) is 2.90. The highest BCUT2D eigenvalue weighted by Gasteiger charge is 2.30. The molecule has 7 heteroatoms. The number of thiophene rings is 1. The van der Waals surface area contributed by atoms with Crippen molar-refractivity contribution in [1.29, 1.82) is 0 Å². The highest BCUT2D eigenvalue weighted by molar-refractivity contribution is 7.91. The number of aromatic nitrogens is 1. The smallest absolute Gasteiger partial charge is 0.252 e. The molecule has 4 nitrogen and oxygen atoms in total. The molecule has 3 aromatic rings. The predicted molar refractivity (Wildman–Crippen MR) is 83.9 cm³/mol. The van der Waals surface area contributed by atoms with Gasteiger partial charge in [0.15, 0.2) is 0 Å². The maximum absolute atomic E-state index is 13.5. The summed E-state index contributed by atoms with van der Waals surface area (Å²) in [6.07, 6.45) is 0.607. The Hall–Kier alpha value is -1.70. The summed E-state index contributed by atoms with van der Waals surface area (Å²) in [6.45, 7) is 0.710. The maximum Gasteiger partial charge on any atom is 0.252 e. The molecule has 0 amide bonds. The first-order chi connectivity index (χ1) is 10.6. The fraction of sp³-hybridized carbons (Fsp3) is 0.200. The van der Waals surface area contributed by atoms with Crippen molar-refractivity contribution >= 4 is 32.3 Å². The zero-order chi connectivity index (χ0) is 15.3. The summed E-state index contributed by atoms with van der Waals surface area (Å²) in [6, 6.07) is 7.91. The molecule has 0 saturated heterocycles. The molecule has 0 fully saturated rings. The van der Waals surface area contributed by atoms with Gasteiger partial charge in [0.2, 0.25) is 0 Å². The molecule has 1 aromatic carbocycles. The molecule has 1 aliphatic rings. The van der Waals surface area contributed by atoms with Gasteiger partial charge in [0, 0.05) is 36.1 Å². The van der Waals surface area contributed by atoms with E-state index in [1.165, 1.54) is 27.8 Å². The highest BCUT2D eigenvalue weighted by atomic mass is 32.2. The van der Waals surface area contributed by atoms with Crippen LogP contribution in [0.1, 0.15) is 11.3 Å². The first kappa shape index (κ1) is 13.9. The van der Waals surface area contributed by atoms with Crippen LogP contribution >= 0.6 is 11.3 Å². The SMILES string of the molecule is O=S(=O)(c1cccs1)N1CCc2[nH]c3ccc(F)cc3c2C1. The van der Waals surface area contributed by atoms with E-state index in [0.717, 1.165) is 22.2 Å². The molecule has 0 atom stereocenters. The number of hydrogen-bond donors (Lipinski definition) is 1. The van der Waals surface area contributed by atoms with Crippen LogP contribution in [-0.4, -0.2) is 24.3 Å². The van der Waals surface area contributed by atoms with Crippen molar-refractivity contribution in [3.63, 3.8) is 0 Å². The number of nitrogens with zero attached hydrogens (tertiary/aromatic N) is 1. The van der Waals surface area contributed by atoms with Gasteiger partial charge >= 0.3 is 0 Å². The van der Waals surface area contributed by atoms with Crippen LogP contribution in [0.15, 0.2) is 39.9 Å². The van der Waals surface area contributed by atoms with Crippen molar-refractivity contribution in [3.8, 4) is 0 Å². The normalized spacial score (nSPS) is 16.0. The van der Waals surface area contributed by atoms with Gasteiger partial charge in [-0.2, -0.15) is 4.31 Å². The second-order valence-electron chi connectivity index (χ2n) is 5.29. The number of benzene rings is 1. The summed E-state index contributed by atoms with van der Waals surface area (Å²) >= 11 is 1.22. The van der Waals surface area contributed by atoms with E-state index >= 15 is 0 Å². The minimum absolute atomic E-state index is 0.277. The van der Waals surface area contributed by atoms with Crippen molar-refractivity contribution < 1.29 is 12.8 Å². The van der Waals surface area contributed by atoms with Crippen molar-refractivity contribution in [2.45, 2.75) is 17.2 Å². The van der Waals surface area contributed by atoms with Crippen LogP contribution in [0.25, 0.3) is 10.9 Å². The Labute approximate surface area is 131 Å². The lowest BCUT2D eigenvalue weighted by molar-refractivity contribution is 0.392. The summed E-state index contributed by atoms with van der Waals surface area (Å²) in [5.74, 6) is -0.312. The molecule has 0 unspecified atom stereocenters. The van der Waals surface area contributed by atoms with Gasteiger partial charge in [-0.1, -0.05) is 6.07 Å². The number of H-pyrrole nitrogens is 1. The van der Waals surface area contributed by atoms with E-state index in [1.54, 1.807) is 23.6 Å². The Morgan fingerprint density at radius 2 is 2.14 bits per heavy atom. The Kier molecular flexibility index (Phi) is 3.11. The minimum atomic E-state index is -3.47. The molecule has 22 heavy (non-hydrogen) atoms. The van der Waals surface area contributed by atoms with E-state index in [9.17, 15) is 12.8 Å². The van der Waals surface area contributed by atoms with E-state index in [2.05, 4.69) is 4.98 Å². The second kappa shape index (κ2) is 4.91. The number of aromatic amines is 1. The Morgan fingerprint density at radius 3 is 2.91 bits per heavy atom. The van der Waals surface area contributed by atoms with Gasteiger partial charge in [-0.3, -0.25) is 0 Å². The lowest BCUT2D eigenvalue weighted by atomic mass is 10.1. The summed E-state index contributed by atoms with van der Waals surface area (Å²) in [5.41, 5.74) is 2.72. The minimum Gasteiger partial charge on any atom is -0.358 e. The monoisotopic (exact) mass is 336 g/mol. The molecule has 0 bridgehead atoms. The van der Waals surface area contributed by atoms with Crippen LogP contribution in [0, 0.1) is 5.82 Å². The van der Waals surface area contributed by atoms with Crippen molar-refractivity contribution in [2.24, 2.45) is 0 Å². The number of halogens is 1. The average Bonchev–Trinajstić information content (AvgIpc) is 3.14. The van der Waals surface area contributed by atoms with Gasteiger partial charge in [-0.15, -0.1) is 11.3 Å². The molecule has 3 heterocycles. The second-order valence-corrected chi connectivity index (χ2v) is 8.41. The van der Waals surface area contributed by atoms with E-state index < -0.39 is 10.0 Å². The largest absolute Gasteiger partial charge is 0.358 e. The molecule has 0 spiro atoms. The molecule has 4 rings (SSSR count). The quantitative estimate of drug-likeness (QED) is 0.782. The number of fused-ring (bicyclic) bond motifs is 3. The molecular formula is C15H13FN2O2S2. The third kappa shape index (κ3) is 2.08. The molecule has 0 radical (unpaired) electrons. The molecule has 1 aliphatic heterocycles. The lowest BCUT2D eigenvalue weighted by Gasteiger charge is -2.25. The third-order valence-corrected chi connectivity index (χ3v) is 7.21. The summed E-state index contributed by atoms with van der Waals surface area (Å²) in [4.78, 5) is 3.26. The van der Waals surface area contributed by atoms with E-state index in [0.29, 0.717) is 17.2 Å². The summed E-state index contributed by atoms with van der Waals surface area (Å²) in [5, 5.41) is 2.52. The van der Waals surface area contributed by atoms with Gasteiger partial charge in [-0.25, -0.2) is 12.8 Å². The van der Waals surface area contributed by atoms with Crippen molar-refractivity contribution in [1.82, 2.24) is 9.29 Å². The standard InChI is InChI=1S/C15H13FN2O2S2/c16-10-3-4-13-11(8-10)12-9-18(6-5-14(12)17-13)22(19,20)15-2-1-7-21-15/h1-4,7-8,17H,5-6,9H2. The van der Waals surface area contributed by atoms with Crippen LogP contribution in [-0.2, 0) is 23.0 Å². The predicted octanol–water partition coefficient (Wildman–Crippen LogP) is 3.12. The molecule has 1 N–H and O–H groups in total. The Morgan fingerprint density at radius 1 is 1.27 bits per heavy atom. The van der Waals surface area contributed by atoms with Gasteiger partial charge in [0.1, 0.15) is 10.0 Å². The average molecular weight is 336 g/mol. The molecule has 0 aliphatic carbocycles. The molecular weight excluding hydrogens is 323 g/mol. The third-order valence-electron chi connectivity index (χ3n) is 3.99.